The van der Waals surface area contributed by atoms with Gasteiger partial charge in [-0.15, -0.1) is 0 Å². The maximum absolute atomic E-state index is 13.0. The van der Waals surface area contributed by atoms with Crippen molar-refractivity contribution in [2.45, 2.75) is 19.4 Å². The van der Waals surface area contributed by atoms with E-state index in [1.54, 1.807) is 17.8 Å². The fourth-order valence-corrected chi connectivity index (χ4v) is 3.98. The van der Waals surface area contributed by atoms with Crippen LogP contribution in [0.4, 0.5) is 0 Å². The van der Waals surface area contributed by atoms with Crippen LogP contribution < -0.4 is 5.32 Å². The molecule has 2 aromatic carbocycles. The Bertz CT molecular complexity index is 1120. The number of imidazole rings is 1. The number of aromatic nitrogens is 2. The van der Waals surface area contributed by atoms with Crippen molar-refractivity contribution < 1.29 is 9.21 Å². The molecule has 0 spiro atoms. The Morgan fingerprint density at radius 1 is 1.29 bits per heavy atom. The number of aromatic amines is 1. The maximum atomic E-state index is 13.0. The third-order valence-corrected chi connectivity index (χ3v) is 5.72. The second-order valence-electron chi connectivity index (χ2n) is 6.62. The molecule has 0 saturated carbocycles. The molecule has 2 aromatic heterocycles. The molecule has 0 bridgehead atoms. The zero-order valence-corrected chi connectivity index (χ0v) is 17.2. The molecule has 0 aliphatic carbocycles. The largest absolute Gasteiger partial charge is 0.449 e. The summed E-state index contributed by atoms with van der Waals surface area (Å²) in [5.74, 6) is 1.66. The number of rotatable bonds is 6. The highest BCUT2D eigenvalue weighted by Gasteiger charge is 2.24. The average molecular weight is 414 g/mol. The molecule has 0 radical (unpaired) electrons. The summed E-state index contributed by atoms with van der Waals surface area (Å²) in [4.78, 5) is 21.0. The topological polar surface area (TPSA) is 70.9 Å². The molecule has 4 aromatic rings. The Labute approximate surface area is 171 Å². The Hall–Kier alpha value is -2.44. The van der Waals surface area contributed by atoms with Crippen LogP contribution in [-0.4, -0.2) is 27.9 Å². The van der Waals surface area contributed by atoms with Crippen LogP contribution in [0.5, 0.6) is 0 Å². The molecule has 1 atom stereocenters. The van der Waals surface area contributed by atoms with Gasteiger partial charge in [-0.2, -0.15) is 11.8 Å². The van der Waals surface area contributed by atoms with Crippen LogP contribution in [0.25, 0.3) is 22.0 Å². The van der Waals surface area contributed by atoms with Gasteiger partial charge in [0.15, 0.2) is 11.3 Å². The van der Waals surface area contributed by atoms with Crippen molar-refractivity contribution >= 4 is 51.3 Å². The summed E-state index contributed by atoms with van der Waals surface area (Å²) in [6, 6.07) is 13.1. The first-order valence-electron chi connectivity index (χ1n) is 9.00. The molecule has 4 rings (SSSR count). The summed E-state index contributed by atoms with van der Waals surface area (Å²) in [6.45, 7) is 1.87. The van der Waals surface area contributed by atoms with E-state index in [0.717, 1.165) is 40.0 Å². The standard InChI is InChI=1S/C21H20ClN3O2S/c1-12-13-6-5-7-14(22)19(13)27-18(12)21(26)25-17(10-11-28-2)20-23-15-8-3-4-9-16(15)24-20/h3-9,17H,10-11H2,1-2H3,(H,23,24)(H,25,26)/t17-/m0/s1. The molecule has 2 heterocycles. The number of benzene rings is 2. The van der Waals surface area contributed by atoms with Crippen LogP contribution in [0.15, 0.2) is 46.9 Å². The van der Waals surface area contributed by atoms with Crippen LogP contribution in [0.3, 0.4) is 0 Å². The number of furan rings is 1. The first kappa shape index (κ1) is 18.9. The number of fused-ring (bicyclic) bond motifs is 2. The fourth-order valence-electron chi connectivity index (χ4n) is 3.30. The molecule has 1 amide bonds. The van der Waals surface area contributed by atoms with Crippen LogP contribution in [0.1, 0.15) is 34.4 Å². The number of H-pyrrole nitrogens is 1. The molecule has 0 aliphatic heterocycles. The Morgan fingerprint density at radius 2 is 2.11 bits per heavy atom. The van der Waals surface area contributed by atoms with E-state index in [2.05, 4.69) is 15.3 Å². The van der Waals surface area contributed by atoms with E-state index in [1.807, 2.05) is 49.6 Å². The van der Waals surface area contributed by atoms with Crippen molar-refractivity contribution in [2.24, 2.45) is 0 Å². The predicted octanol–water partition coefficient (Wildman–Crippen LogP) is 5.50. The molecule has 0 aliphatic rings. The molecule has 144 valence electrons. The highest BCUT2D eigenvalue weighted by atomic mass is 35.5. The van der Waals surface area contributed by atoms with Gasteiger partial charge in [0.2, 0.25) is 0 Å². The smallest absolute Gasteiger partial charge is 0.287 e. The third kappa shape index (κ3) is 3.50. The maximum Gasteiger partial charge on any atom is 0.287 e. The first-order chi connectivity index (χ1) is 13.6. The fraction of sp³-hybridized carbons (Fsp3) is 0.238. The molecule has 0 unspecified atom stereocenters. The van der Waals surface area contributed by atoms with Gasteiger partial charge in [0.25, 0.3) is 5.91 Å². The van der Waals surface area contributed by atoms with Crippen molar-refractivity contribution in [3.63, 3.8) is 0 Å². The second-order valence-corrected chi connectivity index (χ2v) is 8.01. The molecule has 0 saturated heterocycles. The number of thioether (sulfide) groups is 1. The van der Waals surface area contributed by atoms with E-state index in [0.29, 0.717) is 10.6 Å². The van der Waals surface area contributed by atoms with Crippen molar-refractivity contribution in [1.29, 1.82) is 0 Å². The van der Waals surface area contributed by atoms with Crippen molar-refractivity contribution in [3.8, 4) is 0 Å². The van der Waals surface area contributed by atoms with Crippen LogP contribution in [0.2, 0.25) is 5.02 Å². The number of nitrogens with zero attached hydrogens (tertiary/aromatic N) is 1. The van der Waals surface area contributed by atoms with Crippen LogP contribution in [0, 0.1) is 6.92 Å². The van der Waals surface area contributed by atoms with Crippen LogP contribution >= 0.6 is 23.4 Å². The van der Waals surface area contributed by atoms with Crippen LogP contribution in [-0.2, 0) is 0 Å². The monoisotopic (exact) mass is 413 g/mol. The van der Waals surface area contributed by atoms with Gasteiger partial charge in [-0.05, 0) is 43.6 Å². The molecule has 5 nitrogen and oxygen atoms in total. The van der Waals surface area contributed by atoms with E-state index >= 15 is 0 Å². The highest BCUT2D eigenvalue weighted by molar-refractivity contribution is 7.98. The number of hydrogen-bond acceptors (Lipinski definition) is 4. The van der Waals surface area contributed by atoms with Gasteiger partial charge in [0.05, 0.1) is 22.1 Å². The number of amides is 1. The molecular weight excluding hydrogens is 394 g/mol. The number of para-hydroxylation sites is 3. The van der Waals surface area contributed by atoms with Gasteiger partial charge in [0, 0.05) is 10.9 Å². The van der Waals surface area contributed by atoms with E-state index < -0.39 is 0 Å². The molecule has 2 N–H and O–H groups in total. The zero-order valence-electron chi connectivity index (χ0n) is 15.6. The lowest BCUT2D eigenvalue weighted by Gasteiger charge is -2.15. The van der Waals surface area contributed by atoms with E-state index in [-0.39, 0.29) is 17.7 Å². The SMILES string of the molecule is CSCC[C@H](NC(=O)c1oc2c(Cl)cccc2c1C)c1nc2ccccc2[nH]1. The summed E-state index contributed by atoms with van der Waals surface area (Å²) in [6.07, 6.45) is 2.80. The number of hydrogen-bond donors (Lipinski definition) is 2. The predicted molar refractivity (Wildman–Crippen MR) is 115 cm³/mol. The number of carbonyl (C=O) groups excluding carboxylic acids is 1. The Balaban J connectivity index is 1.66. The quantitative estimate of drug-likeness (QED) is 0.438. The van der Waals surface area contributed by atoms with Gasteiger partial charge in [-0.3, -0.25) is 4.79 Å². The first-order valence-corrected chi connectivity index (χ1v) is 10.8. The lowest BCUT2D eigenvalue weighted by molar-refractivity contribution is 0.0907. The lowest BCUT2D eigenvalue weighted by Crippen LogP contribution is -2.30. The second kappa shape index (κ2) is 7.89. The van der Waals surface area contributed by atoms with Crippen molar-refractivity contribution in [2.75, 3.05) is 12.0 Å². The summed E-state index contributed by atoms with van der Waals surface area (Å²) < 4.78 is 5.81. The minimum atomic E-state index is -0.267. The summed E-state index contributed by atoms with van der Waals surface area (Å²) in [5, 5.41) is 4.43. The van der Waals surface area contributed by atoms with E-state index in [4.69, 9.17) is 16.0 Å². The summed E-state index contributed by atoms with van der Waals surface area (Å²) >= 11 is 7.95. The summed E-state index contributed by atoms with van der Waals surface area (Å²) in [5.41, 5.74) is 3.15. The van der Waals surface area contributed by atoms with Gasteiger partial charge in [-0.25, -0.2) is 4.98 Å². The van der Waals surface area contributed by atoms with Gasteiger partial charge in [0.1, 0.15) is 5.82 Å². The zero-order chi connectivity index (χ0) is 19.7. The van der Waals surface area contributed by atoms with E-state index in [9.17, 15) is 4.79 Å². The van der Waals surface area contributed by atoms with E-state index in [1.165, 1.54) is 0 Å². The minimum absolute atomic E-state index is 0.240. The Kier molecular flexibility index (Phi) is 5.33. The molecule has 28 heavy (non-hydrogen) atoms. The third-order valence-electron chi connectivity index (χ3n) is 4.78. The lowest BCUT2D eigenvalue weighted by atomic mass is 10.1. The number of nitrogens with one attached hydrogen (secondary N) is 2. The number of halogens is 1. The molecule has 0 fully saturated rings. The Morgan fingerprint density at radius 3 is 2.86 bits per heavy atom. The average Bonchev–Trinajstić information content (AvgIpc) is 3.27. The minimum Gasteiger partial charge on any atom is -0.449 e. The van der Waals surface area contributed by atoms with Crippen molar-refractivity contribution in [3.05, 3.63) is 64.6 Å². The van der Waals surface area contributed by atoms with Gasteiger partial charge < -0.3 is 14.7 Å². The summed E-state index contributed by atoms with van der Waals surface area (Å²) in [7, 11) is 0. The highest BCUT2D eigenvalue weighted by Crippen LogP contribution is 2.31. The van der Waals surface area contributed by atoms with Gasteiger partial charge in [-0.1, -0.05) is 35.9 Å². The number of aryl methyl sites for hydroxylation is 1. The normalized spacial score (nSPS) is 12.5. The van der Waals surface area contributed by atoms with Gasteiger partial charge >= 0.3 is 0 Å². The molecular formula is C21H20ClN3O2S. The molecule has 7 heteroatoms. The van der Waals surface area contributed by atoms with Crippen molar-refractivity contribution in [1.82, 2.24) is 15.3 Å². The number of carbonyl (C=O) groups is 1.